The zero-order valence-corrected chi connectivity index (χ0v) is 16.4. The zero-order valence-electron chi connectivity index (χ0n) is 16.4. The Bertz CT molecular complexity index is 1140. The average molecular weight is 383 g/mol. The number of ketones is 1. The third kappa shape index (κ3) is 4.11. The largest absolute Gasteiger partial charge is 0.494 e. The van der Waals surface area contributed by atoms with E-state index in [4.69, 9.17) is 9.15 Å². The lowest BCUT2D eigenvalue weighted by atomic mass is 10.0. The van der Waals surface area contributed by atoms with Crippen molar-refractivity contribution in [2.45, 2.75) is 13.8 Å². The number of ether oxygens (including phenoxy) is 1. The minimum Gasteiger partial charge on any atom is -0.494 e. The smallest absolute Gasteiger partial charge is 0.231 e. The SMILES string of the molecule is CCOc1ccc(C(=O)C(=Cc2ccc(C)cc2)c2nc3ccccc3o2)cc1. The van der Waals surface area contributed by atoms with E-state index in [1.54, 1.807) is 24.3 Å². The molecule has 144 valence electrons. The number of nitrogens with zero attached hydrogens (tertiary/aromatic N) is 1. The number of para-hydroxylation sites is 2. The van der Waals surface area contributed by atoms with E-state index in [9.17, 15) is 4.79 Å². The Hall–Kier alpha value is -3.66. The second-order valence-corrected chi connectivity index (χ2v) is 6.74. The van der Waals surface area contributed by atoms with Gasteiger partial charge in [-0.05, 0) is 61.9 Å². The Balaban J connectivity index is 1.78. The first-order valence-corrected chi connectivity index (χ1v) is 9.56. The van der Waals surface area contributed by atoms with E-state index in [2.05, 4.69) is 4.98 Å². The average Bonchev–Trinajstić information content (AvgIpc) is 3.17. The van der Waals surface area contributed by atoms with Crippen LogP contribution < -0.4 is 4.74 Å². The van der Waals surface area contributed by atoms with Gasteiger partial charge in [0.25, 0.3) is 0 Å². The van der Waals surface area contributed by atoms with E-state index < -0.39 is 0 Å². The summed E-state index contributed by atoms with van der Waals surface area (Å²) in [5, 5.41) is 0. The second-order valence-electron chi connectivity index (χ2n) is 6.74. The molecule has 4 nitrogen and oxygen atoms in total. The number of hydrogen-bond donors (Lipinski definition) is 0. The number of aryl methyl sites for hydroxylation is 1. The standard InChI is InChI=1S/C25H21NO3/c1-3-28-20-14-12-19(13-15-20)24(27)21(16-18-10-8-17(2)9-11-18)25-26-22-6-4-5-7-23(22)29-25/h4-16H,3H2,1-2H3. The number of benzene rings is 3. The molecule has 4 rings (SSSR count). The van der Waals surface area contributed by atoms with Crippen molar-refractivity contribution in [1.82, 2.24) is 4.98 Å². The highest BCUT2D eigenvalue weighted by atomic mass is 16.5. The molecule has 1 heterocycles. The predicted octanol–water partition coefficient (Wildman–Crippen LogP) is 5.96. The summed E-state index contributed by atoms with van der Waals surface area (Å²) in [4.78, 5) is 17.9. The van der Waals surface area contributed by atoms with Gasteiger partial charge in [0.15, 0.2) is 11.4 Å². The summed E-state index contributed by atoms with van der Waals surface area (Å²) >= 11 is 0. The lowest BCUT2D eigenvalue weighted by Crippen LogP contribution is -2.03. The van der Waals surface area contributed by atoms with Gasteiger partial charge in [-0.1, -0.05) is 42.0 Å². The molecular weight excluding hydrogens is 362 g/mol. The molecule has 0 spiro atoms. The molecule has 1 aromatic heterocycles. The van der Waals surface area contributed by atoms with Crippen LogP contribution in [0.4, 0.5) is 0 Å². The maximum absolute atomic E-state index is 13.4. The fraction of sp³-hybridized carbons (Fsp3) is 0.120. The molecule has 0 aliphatic rings. The van der Waals surface area contributed by atoms with Crippen LogP contribution >= 0.6 is 0 Å². The number of hydrogen-bond acceptors (Lipinski definition) is 4. The Labute approximate surface area is 169 Å². The van der Waals surface area contributed by atoms with Gasteiger partial charge in [-0.3, -0.25) is 4.79 Å². The second kappa shape index (κ2) is 8.15. The topological polar surface area (TPSA) is 52.3 Å². The van der Waals surface area contributed by atoms with Gasteiger partial charge in [0.2, 0.25) is 5.89 Å². The number of fused-ring (bicyclic) bond motifs is 1. The number of carbonyl (C=O) groups is 1. The molecule has 0 radical (unpaired) electrons. The predicted molar refractivity (Wildman–Crippen MR) is 115 cm³/mol. The highest BCUT2D eigenvalue weighted by Gasteiger charge is 2.20. The van der Waals surface area contributed by atoms with Crippen LogP contribution in [0.3, 0.4) is 0 Å². The third-order valence-electron chi connectivity index (χ3n) is 4.58. The van der Waals surface area contributed by atoms with Gasteiger partial charge in [-0.2, -0.15) is 0 Å². The summed E-state index contributed by atoms with van der Waals surface area (Å²) < 4.78 is 11.4. The summed E-state index contributed by atoms with van der Waals surface area (Å²) in [7, 11) is 0. The molecule has 0 unspecified atom stereocenters. The van der Waals surface area contributed by atoms with Crippen LogP contribution in [0, 0.1) is 6.92 Å². The molecule has 3 aromatic carbocycles. The van der Waals surface area contributed by atoms with Crippen molar-refractivity contribution in [3.8, 4) is 5.75 Å². The van der Waals surface area contributed by atoms with Crippen LogP contribution in [0.1, 0.15) is 34.3 Å². The Morgan fingerprint density at radius 3 is 2.41 bits per heavy atom. The molecule has 0 amide bonds. The fourth-order valence-corrected chi connectivity index (χ4v) is 3.07. The molecule has 0 N–H and O–H groups in total. The van der Waals surface area contributed by atoms with Crippen molar-refractivity contribution < 1.29 is 13.9 Å². The quantitative estimate of drug-likeness (QED) is 0.305. The van der Waals surface area contributed by atoms with Crippen LogP contribution in [0.5, 0.6) is 5.75 Å². The van der Waals surface area contributed by atoms with Gasteiger partial charge in [-0.25, -0.2) is 4.98 Å². The number of allylic oxidation sites excluding steroid dienone is 1. The summed E-state index contributed by atoms with van der Waals surface area (Å²) in [5.74, 6) is 0.890. The van der Waals surface area contributed by atoms with Crippen molar-refractivity contribution in [2.24, 2.45) is 0 Å². The van der Waals surface area contributed by atoms with Crippen molar-refractivity contribution >= 4 is 28.5 Å². The normalized spacial score (nSPS) is 11.6. The van der Waals surface area contributed by atoms with Crippen molar-refractivity contribution in [2.75, 3.05) is 6.61 Å². The first-order valence-electron chi connectivity index (χ1n) is 9.56. The Morgan fingerprint density at radius 2 is 1.72 bits per heavy atom. The lowest BCUT2D eigenvalue weighted by molar-refractivity contribution is 0.105. The molecule has 0 aliphatic carbocycles. The van der Waals surface area contributed by atoms with E-state index >= 15 is 0 Å². The van der Waals surface area contributed by atoms with Crippen LogP contribution in [0.2, 0.25) is 0 Å². The highest BCUT2D eigenvalue weighted by Crippen LogP contribution is 2.27. The van der Waals surface area contributed by atoms with Gasteiger partial charge >= 0.3 is 0 Å². The first kappa shape index (κ1) is 18.7. The van der Waals surface area contributed by atoms with Crippen LogP contribution in [0.15, 0.2) is 77.2 Å². The van der Waals surface area contributed by atoms with Crippen LogP contribution in [-0.2, 0) is 0 Å². The molecule has 4 heteroatoms. The number of oxazole rings is 1. The Morgan fingerprint density at radius 1 is 1.00 bits per heavy atom. The molecular formula is C25H21NO3. The Kier molecular flexibility index (Phi) is 5.25. The first-order chi connectivity index (χ1) is 14.1. The van der Waals surface area contributed by atoms with Crippen molar-refractivity contribution in [3.05, 3.63) is 95.4 Å². The van der Waals surface area contributed by atoms with E-state index in [0.29, 0.717) is 29.2 Å². The number of aromatic nitrogens is 1. The summed E-state index contributed by atoms with van der Waals surface area (Å²) in [6.07, 6.45) is 1.82. The summed E-state index contributed by atoms with van der Waals surface area (Å²) in [6, 6.07) is 22.6. The number of rotatable bonds is 6. The number of carbonyl (C=O) groups excluding carboxylic acids is 1. The van der Waals surface area contributed by atoms with E-state index in [0.717, 1.165) is 22.4 Å². The minimum atomic E-state index is -0.153. The van der Waals surface area contributed by atoms with Gasteiger partial charge in [0.1, 0.15) is 11.3 Å². The van der Waals surface area contributed by atoms with E-state index in [1.807, 2.05) is 68.5 Å². The molecule has 0 saturated heterocycles. The minimum absolute atomic E-state index is 0.153. The summed E-state index contributed by atoms with van der Waals surface area (Å²) in [5.41, 5.74) is 4.40. The van der Waals surface area contributed by atoms with Crippen LogP contribution in [-0.4, -0.2) is 17.4 Å². The van der Waals surface area contributed by atoms with Crippen LogP contribution in [0.25, 0.3) is 22.7 Å². The maximum atomic E-state index is 13.4. The fourth-order valence-electron chi connectivity index (χ4n) is 3.07. The highest BCUT2D eigenvalue weighted by molar-refractivity contribution is 6.31. The lowest BCUT2D eigenvalue weighted by Gasteiger charge is -2.06. The van der Waals surface area contributed by atoms with Gasteiger partial charge < -0.3 is 9.15 Å². The molecule has 4 aromatic rings. The molecule has 0 fully saturated rings. The van der Waals surface area contributed by atoms with Gasteiger partial charge in [0.05, 0.1) is 12.2 Å². The molecule has 0 saturated carbocycles. The molecule has 0 bridgehead atoms. The van der Waals surface area contributed by atoms with Gasteiger partial charge in [0, 0.05) is 5.56 Å². The maximum Gasteiger partial charge on any atom is 0.231 e. The number of Topliss-reactive ketones (excluding diaryl/α,β-unsaturated/α-hetero) is 1. The third-order valence-corrected chi connectivity index (χ3v) is 4.58. The van der Waals surface area contributed by atoms with E-state index in [1.165, 1.54) is 0 Å². The van der Waals surface area contributed by atoms with E-state index in [-0.39, 0.29) is 5.78 Å². The van der Waals surface area contributed by atoms with Crippen molar-refractivity contribution in [3.63, 3.8) is 0 Å². The molecule has 0 atom stereocenters. The van der Waals surface area contributed by atoms with Gasteiger partial charge in [-0.15, -0.1) is 0 Å². The summed E-state index contributed by atoms with van der Waals surface area (Å²) in [6.45, 7) is 4.53. The van der Waals surface area contributed by atoms with Crippen molar-refractivity contribution in [1.29, 1.82) is 0 Å². The zero-order chi connectivity index (χ0) is 20.2. The molecule has 0 aliphatic heterocycles. The monoisotopic (exact) mass is 383 g/mol. The molecule has 29 heavy (non-hydrogen) atoms.